The molecule has 1 unspecified atom stereocenters. The smallest absolute Gasteiger partial charge is 0.410 e. The van der Waals surface area contributed by atoms with Gasteiger partial charge in [-0.2, -0.15) is 0 Å². The lowest BCUT2D eigenvalue weighted by Gasteiger charge is -2.23. The van der Waals surface area contributed by atoms with Gasteiger partial charge in [-0.05, 0) is 47.1 Å². The van der Waals surface area contributed by atoms with Crippen LogP contribution in [0.25, 0.3) is 4.85 Å². The molecule has 0 radical (unpaired) electrons. The van der Waals surface area contributed by atoms with E-state index in [9.17, 15) is 14.4 Å². The highest BCUT2D eigenvalue weighted by Crippen LogP contribution is 2.20. The molecule has 0 bridgehead atoms. The van der Waals surface area contributed by atoms with Gasteiger partial charge in [0.25, 0.3) is 6.04 Å². The van der Waals surface area contributed by atoms with Gasteiger partial charge in [0.2, 0.25) is 5.78 Å². The molecular formula is C21H30N4O5. The maximum absolute atomic E-state index is 11.7. The summed E-state index contributed by atoms with van der Waals surface area (Å²) in [4.78, 5) is 44.9. The molecule has 2 fully saturated rings. The minimum absolute atomic E-state index is 0.0119. The Morgan fingerprint density at radius 2 is 1.60 bits per heavy atom. The Morgan fingerprint density at radius 3 is 2.07 bits per heavy atom. The Kier molecular flexibility index (Phi) is 6.91. The van der Waals surface area contributed by atoms with E-state index in [-0.39, 0.29) is 25.0 Å². The van der Waals surface area contributed by atoms with Gasteiger partial charge in [0.1, 0.15) is 17.7 Å². The van der Waals surface area contributed by atoms with Crippen LogP contribution in [-0.2, 0) is 14.3 Å². The number of likely N-dealkylation sites (tertiary alicyclic amines) is 2. The first kappa shape index (κ1) is 23.4. The summed E-state index contributed by atoms with van der Waals surface area (Å²) in [6.45, 7) is 19.8. The number of fused-ring (bicyclic) bond motifs is 1. The van der Waals surface area contributed by atoms with E-state index >= 15 is 0 Å². The molecule has 0 aromatic carbocycles. The predicted octanol–water partition coefficient (Wildman–Crippen LogP) is 2.71. The van der Waals surface area contributed by atoms with Gasteiger partial charge in [-0.1, -0.05) is 6.08 Å². The number of carbonyl (C=O) groups is 3. The number of hydrogen-bond acceptors (Lipinski definition) is 6. The maximum atomic E-state index is 11.7. The average molecular weight is 418 g/mol. The fourth-order valence-electron chi connectivity index (χ4n) is 2.94. The summed E-state index contributed by atoms with van der Waals surface area (Å²) in [6.07, 6.45) is 1.29. The van der Waals surface area contributed by atoms with Gasteiger partial charge in [0, 0.05) is 0 Å². The van der Waals surface area contributed by atoms with E-state index in [0.717, 1.165) is 12.3 Å². The molecule has 3 aliphatic heterocycles. The van der Waals surface area contributed by atoms with Crippen LogP contribution in [0.1, 0.15) is 41.5 Å². The zero-order valence-corrected chi connectivity index (χ0v) is 18.5. The minimum Gasteiger partial charge on any atom is -0.444 e. The summed E-state index contributed by atoms with van der Waals surface area (Å²) in [5.41, 5.74) is 1.23. The van der Waals surface area contributed by atoms with Crippen molar-refractivity contribution in [3.05, 3.63) is 23.1 Å². The lowest BCUT2D eigenvalue weighted by Crippen LogP contribution is -2.35. The van der Waals surface area contributed by atoms with Gasteiger partial charge in [0.15, 0.2) is 0 Å². The van der Waals surface area contributed by atoms with Crippen molar-refractivity contribution in [2.24, 2.45) is 4.99 Å². The molecule has 2 amide bonds. The van der Waals surface area contributed by atoms with Crippen molar-refractivity contribution < 1.29 is 23.9 Å². The molecule has 0 aromatic rings. The van der Waals surface area contributed by atoms with Crippen molar-refractivity contribution in [3.63, 3.8) is 0 Å². The number of nitrogens with zero attached hydrogens (tertiary/aromatic N) is 4. The van der Waals surface area contributed by atoms with Gasteiger partial charge in [-0.25, -0.2) is 16.2 Å². The number of rotatable bonds is 0. The highest BCUT2D eigenvalue weighted by molar-refractivity contribution is 6.07. The van der Waals surface area contributed by atoms with E-state index in [1.54, 1.807) is 25.7 Å². The first-order valence-corrected chi connectivity index (χ1v) is 9.87. The summed E-state index contributed by atoms with van der Waals surface area (Å²) >= 11 is 0. The third-order valence-electron chi connectivity index (χ3n) is 4.26. The molecule has 0 spiro atoms. The number of Topliss-reactive ketones (excluding diaryl/α,β-unsaturated/α-hetero) is 1. The number of amides is 2. The van der Waals surface area contributed by atoms with E-state index in [1.165, 1.54) is 10.5 Å². The number of carbonyl (C=O) groups excluding carboxylic acids is 3. The van der Waals surface area contributed by atoms with Crippen LogP contribution in [0.2, 0.25) is 0 Å². The Hall–Kier alpha value is -2.89. The van der Waals surface area contributed by atoms with Crippen molar-refractivity contribution in [1.29, 1.82) is 0 Å². The van der Waals surface area contributed by atoms with Gasteiger partial charge < -0.3 is 14.3 Å². The molecule has 30 heavy (non-hydrogen) atoms. The van der Waals surface area contributed by atoms with Crippen LogP contribution in [0.3, 0.4) is 0 Å². The largest absolute Gasteiger partial charge is 0.444 e. The van der Waals surface area contributed by atoms with Gasteiger partial charge in [-0.15, -0.1) is 0 Å². The van der Waals surface area contributed by atoms with E-state index in [2.05, 4.69) is 15.9 Å². The Balaban J connectivity index is 0.000000214. The fourth-order valence-corrected chi connectivity index (χ4v) is 2.94. The molecule has 1 atom stereocenters. The topological polar surface area (TPSA) is 92.9 Å². The van der Waals surface area contributed by atoms with E-state index in [1.807, 2.05) is 20.8 Å². The highest BCUT2D eigenvalue weighted by atomic mass is 16.6. The second-order valence-corrected chi connectivity index (χ2v) is 9.33. The van der Waals surface area contributed by atoms with Crippen LogP contribution in [0.4, 0.5) is 9.59 Å². The number of aliphatic imine (C=N–C) groups is 1. The van der Waals surface area contributed by atoms with Gasteiger partial charge in [-0.3, -0.25) is 19.6 Å². The Labute approximate surface area is 177 Å². The normalized spacial score (nSPS) is 20.6. The summed E-state index contributed by atoms with van der Waals surface area (Å²) in [5.74, 6) is -0.212. The number of ether oxygens (including phenoxy) is 2. The first-order valence-electron chi connectivity index (χ1n) is 9.87. The van der Waals surface area contributed by atoms with Crippen molar-refractivity contribution in [2.75, 3.05) is 32.7 Å². The van der Waals surface area contributed by atoms with E-state index in [4.69, 9.17) is 16.0 Å². The fraction of sp³-hybridized carbons (Fsp3) is 0.667. The molecule has 0 aliphatic carbocycles. The molecule has 0 saturated carbocycles. The predicted molar refractivity (Wildman–Crippen MR) is 111 cm³/mol. The highest BCUT2D eigenvalue weighted by Gasteiger charge is 2.39. The third kappa shape index (κ3) is 6.58. The SMILES string of the molecule is CC(C)(C)OC(=O)N1CC2=CCN=C2C1.[C-]#[N+]C1CN(C(=O)OC(C)(C)C)CC1=O. The molecule has 3 heterocycles. The monoisotopic (exact) mass is 418 g/mol. The van der Waals surface area contributed by atoms with E-state index in [0.29, 0.717) is 13.1 Å². The summed E-state index contributed by atoms with van der Waals surface area (Å²) in [7, 11) is 0. The average Bonchev–Trinajstić information content (AvgIpc) is 3.25. The quantitative estimate of drug-likeness (QED) is 0.564. The molecule has 164 valence electrons. The van der Waals surface area contributed by atoms with Crippen LogP contribution in [-0.4, -0.2) is 83.4 Å². The number of hydrogen-bond donors (Lipinski definition) is 0. The van der Waals surface area contributed by atoms with Crippen LogP contribution in [0.5, 0.6) is 0 Å². The second-order valence-electron chi connectivity index (χ2n) is 9.33. The maximum Gasteiger partial charge on any atom is 0.410 e. The number of ketones is 1. The molecule has 0 aromatic heterocycles. The van der Waals surface area contributed by atoms with Crippen LogP contribution < -0.4 is 0 Å². The van der Waals surface area contributed by atoms with Crippen LogP contribution in [0.15, 0.2) is 16.6 Å². The molecule has 0 N–H and O–H groups in total. The first-order chi connectivity index (χ1) is 13.8. The van der Waals surface area contributed by atoms with Crippen molar-refractivity contribution in [1.82, 2.24) is 9.80 Å². The molecule has 3 rings (SSSR count). The molecule has 9 heteroatoms. The Bertz CT molecular complexity index is 791. The minimum atomic E-state index is -0.711. The summed E-state index contributed by atoms with van der Waals surface area (Å²) < 4.78 is 10.4. The zero-order valence-electron chi connectivity index (χ0n) is 18.5. The van der Waals surface area contributed by atoms with Crippen LogP contribution in [0, 0.1) is 6.57 Å². The zero-order chi connectivity index (χ0) is 22.7. The van der Waals surface area contributed by atoms with E-state index < -0.39 is 23.3 Å². The summed E-state index contributed by atoms with van der Waals surface area (Å²) in [5, 5.41) is 0. The molecular weight excluding hydrogens is 388 g/mol. The van der Waals surface area contributed by atoms with Gasteiger partial charge >= 0.3 is 12.2 Å². The van der Waals surface area contributed by atoms with Crippen molar-refractivity contribution in [3.8, 4) is 0 Å². The third-order valence-corrected chi connectivity index (χ3v) is 4.26. The molecule has 9 nitrogen and oxygen atoms in total. The van der Waals surface area contributed by atoms with Crippen LogP contribution >= 0.6 is 0 Å². The standard InChI is InChI=1S/C11H16N2O2.C10H14N2O3/c1-11(2,3)15-10(14)13-6-8-4-5-12-9(8)7-13;1-10(2,3)15-9(14)12-5-7(11-4)8(13)6-12/h4H,5-7H2,1-3H3;7H,5-6H2,1-3H3. The lowest BCUT2D eigenvalue weighted by atomic mass is 10.2. The molecule has 3 aliphatic rings. The summed E-state index contributed by atoms with van der Waals surface area (Å²) in [6, 6.07) is -0.711. The van der Waals surface area contributed by atoms with Gasteiger partial charge in [0.05, 0.1) is 31.9 Å². The van der Waals surface area contributed by atoms with Crippen molar-refractivity contribution >= 4 is 23.7 Å². The second kappa shape index (κ2) is 8.86. The lowest BCUT2D eigenvalue weighted by molar-refractivity contribution is -0.117. The van der Waals surface area contributed by atoms with Crippen molar-refractivity contribution in [2.45, 2.75) is 58.8 Å². The Morgan fingerprint density at radius 1 is 1.03 bits per heavy atom. The molecule has 2 saturated heterocycles.